The van der Waals surface area contributed by atoms with Gasteiger partial charge in [0.1, 0.15) is 11.5 Å². The number of aromatic hydroxyl groups is 2. The molecule has 8 heteroatoms. The zero-order valence-electron chi connectivity index (χ0n) is 13.5. The number of hydrogen-bond donors (Lipinski definition) is 4. The summed E-state index contributed by atoms with van der Waals surface area (Å²) in [5, 5.41) is 31.6. The first-order chi connectivity index (χ1) is 12.0. The van der Waals surface area contributed by atoms with E-state index in [4.69, 9.17) is 14.6 Å². The van der Waals surface area contributed by atoms with Crippen molar-refractivity contribution in [3.63, 3.8) is 0 Å². The summed E-state index contributed by atoms with van der Waals surface area (Å²) in [6.45, 7) is -0.427. The number of phenolic OH excluding ortho intramolecular Hbond substituents is 2. The molecule has 2 rings (SSSR count). The number of rotatable bonds is 7. The summed E-state index contributed by atoms with van der Waals surface area (Å²) in [5.41, 5.74) is 3.25. The van der Waals surface area contributed by atoms with Crippen LogP contribution in [0.25, 0.3) is 0 Å². The van der Waals surface area contributed by atoms with E-state index >= 15 is 0 Å². The molecule has 4 N–H and O–H groups in total. The number of nitrogens with zero attached hydrogens (tertiary/aromatic N) is 1. The minimum absolute atomic E-state index is 0.0757. The molecule has 2 aromatic carbocycles. The SMILES string of the molecule is COc1cc(CO)ccc1OCC(=O)N/N=C/c1ccc(O)cc1O. The van der Waals surface area contributed by atoms with Crippen LogP contribution in [0.15, 0.2) is 41.5 Å². The molecule has 8 nitrogen and oxygen atoms in total. The fourth-order valence-electron chi connectivity index (χ4n) is 1.92. The van der Waals surface area contributed by atoms with E-state index in [-0.39, 0.29) is 24.7 Å². The standard InChI is InChI=1S/C17H18N2O6/c1-24-16-6-11(9-20)2-5-15(16)25-10-17(23)19-18-8-12-3-4-13(21)7-14(12)22/h2-8,20-22H,9-10H2,1H3,(H,19,23)/b18-8+. The lowest BCUT2D eigenvalue weighted by molar-refractivity contribution is -0.123. The minimum atomic E-state index is -0.511. The van der Waals surface area contributed by atoms with E-state index in [0.717, 1.165) is 6.07 Å². The van der Waals surface area contributed by atoms with Crippen molar-refractivity contribution in [2.24, 2.45) is 5.10 Å². The molecular weight excluding hydrogens is 328 g/mol. The Morgan fingerprint density at radius 2 is 2.00 bits per heavy atom. The monoisotopic (exact) mass is 346 g/mol. The van der Waals surface area contributed by atoms with Gasteiger partial charge in [-0.2, -0.15) is 5.10 Å². The summed E-state index contributed by atoms with van der Waals surface area (Å²) in [6.07, 6.45) is 1.24. The fourth-order valence-corrected chi connectivity index (χ4v) is 1.92. The van der Waals surface area contributed by atoms with E-state index in [1.165, 1.54) is 25.5 Å². The zero-order valence-corrected chi connectivity index (χ0v) is 13.5. The van der Waals surface area contributed by atoms with E-state index in [9.17, 15) is 15.0 Å². The first kappa shape index (κ1) is 18.1. The van der Waals surface area contributed by atoms with E-state index < -0.39 is 5.91 Å². The molecule has 0 saturated carbocycles. The molecule has 0 fully saturated rings. The van der Waals surface area contributed by atoms with Gasteiger partial charge in [0.05, 0.1) is 19.9 Å². The molecule has 0 unspecified atom stereocenters. The third-order valence-corrected chi connectivity index (χ3v) is 3.18. The number of aliphatic hydroxyl groups excluding tert-OH is 1. The van der Waals surface area contributed by atoms with Gasteiger partial charge in [-0.25, -0.2) is 5.43 Å². The molecule has 2 aromatic rings. The number of nitrogens with one attached hydrogen (secondary N) is 1. The molecule has 0 aliphatic rings. The van der Waals surface area contributed by atoms with Crippen LogP contribution in [0.3, 0.4) is 0 Å². The first-order valence-corrected chi connectivity index (χ1v) is 7.28. The number of ether oxygens (including phenoxy) is 2. The van der Waals surface area contributed by atoms with Crippen LogP contribution in [0.2, 0.25) is 0 Å². The van der Waals surface area contributed by atoms with Crippen molar-refractivity contribution in [3.8, 4) is 23.0 Å². The maximum Gasteiger partial charge on any atom is 0.277 e. The van der Waals surface area contributed by atoms with Crippen molar-refractivity contribution < 1.29 is 29.6 Å². The molecule has 0 spiro atoms. The second-order valence-corrected chi connectivity index (χ2v) is 4.97. The zero-order chi connectivity index (χ0) is 18.2. The largest absolute Gasteiger partial charge is 0.508 e. The summed E-state index contributed by atoms with van der Waals surface area (Å²) < 4.78 is 10.5. The molecule has 25 heavy (non-hydrogen) atoms. The van der Waals surface area contributed by atoms with Gasteiger partial charge in [0.2, 0.25) is 0 Å². The third kappa shape index (κ3) is 5.11. The van der Waals surface area contributed by atoms with Crippen LogP contribution in [0, 0.1) is 0 Å². The Kier molecular flexibility index (Phi) is 6.19. The van der Waals surface area contributed by atoms with Crippen LogP contribution in [0.5, 0.6) is 23.0 Å². The lowest BCUT2D eigenvalue weighted by Gasteiger charge is -2.10. The van der Waals surface area contributed by atoms with E-state index in [2.05, 4.69) is 10.5 Å². The Balaban J connectivity index is 1.89. The number of benzene rings is 2. The molecule has 0 atom stereocenters. The van der Waals surface area contributed by atoms with Crippen LogP contribution in [0.4, 0.5) is 0 Å². The highest BCUT2D eigenvalue weighted by Crippen LogP contribution is 2.28. The number of phenols is 2. The normalized spacial score (nSPS) is 10.6. The molecule has 0 heterocycles. The third-order valence-electron chi connectivity index (χ3n) is 3.18. The average molecular weight is 346 g/mol. The van der Waals surface area contributed by atoms with Crippen LogP contribution < -0.4 is 14.9 Å². The van der Waals surface area contributed by atoms with Gasteiger partial charge in [-0.1, -0.05) is 6.07 Å². The first-order valence-electron chi connectivity index (χ1n) is 7.28. The molecule has 0 radical (unpaired) electrons. The summed E-state index contributed by atoms with van der Waals surface area (Å²) in [6, 6.07) is 8.85. The molecule has 0 aliphatic carbocycles. The quantitative estimate of drug-likeness (QED) is 0.440. The van der Waals surface area contributed by atoms with Crippen LogP contribution in [-0.2, 0) is 11.4 Å². The number of carbonyl (C=O) groups excluding carboxylic acids is 1. The second kappa shape index (κ2) is 8.55. The number of aliphatic hydroxyl groups is 1. The van der Waals surface area contributed by atoms with Crippen molar-refractivity contribution in [2.75, 3.05) is 13.7 Å². The van der Waals surface area contributed by atoms with E-state index in [1.807, 2.05) is 0 Å². The van der Waals surface area contributed by atoms with Crippen LogP contribution >= 0.6 is 0 Å². The highest BCUT2D eigenvalue weighted by atomic mass is 16.5. The Morgan fingerprint density at radius 3 is 2.68 bits per heavy atom. The maximum absolute atomic E-state index is 11.7. The van der Waals surface area contributed by atoms with Crippen molar-refractivity contribution in [1.82, 2.24) is 5.43 Å². The number of carbonyl (C=O) groups is 1. The Hall–Kier alpha value is -3.26. The van der Waals surface area contributed by atoms with Gasteiger partial charge in [-0.05, 0) is 29.8 Å². The van der Waals surface area contributed by atoms with Crippen LogP contribution in [-0.4, -0.2) is 41.2 Å². The average Bonchev–Trinajstić information content (AvgIpc) is 2.61. The smallest absolute Gasteiger partial charge is 0.277 e. The summed E-state index contributed by atoms with van der Waals surface area (Å²) in [4.78, 5) is 11.7. The Bertz CT molecular complexity index is 776. The van der Waals surface area contributed by atoms with Crippen molar-refractivity contribution in [3.05, 3.63) is 47.5 Å². The topological polar surface area (TPSA) is 121 Å². The summed E-state index contributed by atoms with van der Waals surface area (Å²) in [5.74, 6) is 0.00545. The van der Waals surface area contributed by atoms with Gasteiger partial charge in [-0.3, -0.25) is 4.79 Å². The van der Waals surface area contributed by atoms with E-state index in [0.29, 0.717) is 22.6 Å². The lowest BCUT2D eigenvalue weighted by Crippen LogP contribution is -2.24. The minimum Gasteiger partial charge on any atom is -0.508 e. The number of amides is 1. The molecule has 0 saturated heterocycles. The van der Waals surface area contributed by atoms with Gasteiger partial charge in [0.15, 0.2) is 18.1 Å². The summed E-state index contributed by atoms with van der Waals surface area (Å²) >= 11 is 0. The highest BCUT2D eigenvalue weighted by Gasteiger charge is 2.08. The van der Waals surface area contributed by atoms with Crippen molar-refractivity contribution in [2.45, 2.75) is 6.61 Å². The highest BCUT2D eigenvalue weighted by molar-refractivity contribution is 5.85. The molecule has 0 aromatic heterocycles. The second-order valence-electron chi connectivity index (χ2n) is 4.97. The number of hydrogen-bond acceptors (Lipinski definition) is 7. The van der Waals surface area contributed by atoms with Gasteiger partial charge in [-0.15, -0.1) is 0 Å². The Morgan fingerprint density at radius 1 is 1.20 bits per heavy atom. The summed E-state index contributed by atoms with van der Waals surface area (Å²) in [7, 11) is 1.46. The predicted octanol–water partition coefficient (Wildman–Crippen LogP) is 1.13. The van der Waals surface area contributed by atoms with Crippen molar-refractivity contribution in [1.29, 1.82) is 0 Å². The number of methoxy groups -OCH3 is 1. The molecule has 0 aliphatic heterocycles. The molecular formula is C17H18N2O6. The maximum atomic E-state index is 11.7. The Labute approximate surface area is 143 Å². The molecule has 132 valence electrons. The van der Waals surface area contributed by atoms with Crippen molar-refractivity contribution >= 4 is 12.1 Å². The van der Waals surface area contributed by atoms with Crippen LogP contribution in [0.1, 0.15) is 11.1 Å². The van der Waals surface area contributed by atoms with E-state index in [1.54, 1.807) is 18.2 Å². The predicted molar refractivity (Wildman–Crippen MR) is 89.9 cm³/mol. The number of hydrazone groups is 1. The molecule has 0 bridgehead atoms. The van der Waals surface area contributed by atoms with Gasteiger partial charge in [0, 0.05) is 11.6 Å². The van der Waals surface area contributed by atoms with Gasteiger partial charge in [0.25, 0.3) is 5.91 Å². The fraction of sp³-hybridized carbons (Fsp3) is 0.176. The molecule has 1 amide bonds. The van der Waals surface area contributed by atoms with Gasteiger partial charge >= 0.3 is 0 Å². The lowest BCUT2D eigenvalue weighted by atomic mass is 10.2. The van der Waals surface area contributed by atoms with Gasteiger partial charge < -0.3 is 24.8 Å².